The summed E-state index contributed by atoms with van der Waals surface area (Å²) in [6.07, 6.45) is 4.86. The lowest BCUT2D eigenvalue weighted by Crippen LogP contribution is -2.47. The fourth-order valence-electron chi connectivity index (χ4n) is 4.12. The van der Waals surface area contributed by atoms with Gasteiger partial charge in [-0.25, -0.2) is 4.79 Å². The third kappa shape index (κ3) is 5.54. The number of piperazine rings is 1. The summed E-state index contributed by atoms with van der Waals surface area (Å²) in [6.45, 7) is 3.48. The Balaban J connectivity index is 1.42. The third-order valence-electron chi connectivity index (χ3n) is 5.99. The summed E-state index contributed by atoms with van der Waals surface area (Å²) >= 11 is 6.46. The molecule has 0 atom stereocenters. The highest BCUT2D eigenvalue weighted by Gasteiger charge is 2.24. The first-order chi connectivity index (χ1) is 15.9. The lowest BCUT2D eigenvalue weighted by atomic mass is 9.84. The van der Waals surface area contributed by atoms with Crippen LogP contribution >= 0.6 is 11.6 Å². The third-order valence-corrected chi connectivity index (χ3v) is 6.45. The van der Waals surface area contributed by atoms with Gasteiger partial charge >= 0.3 is 6.03 Å². The van der Waals surface area contributed by atoms with Gasteiger partial charge in [0.2, 0.25) is 0 Å². The predicted octanol–water partition coefficient (Wildman–Crippen LogP) is 3.99. The Morgan fingerprint density at radius 3 is 2.68 bits per heavy atom. The fourth-order valence-corrected chi connectivity index (χ4v) is 4.33. The Bertz CT molecular complexity index is 854. The zero-order chi connectivity index (χ0) is 25.2. The van der Waals surface area contributed by atoms with E-state index in [9.17, 15) is 4.79 Å². The van der Waals surface area contributed by atoms with Gasteiger partial charge in [-0.3, -0.25) is 4.90 Å². The number of urea groups is 1. The highest BCUT2D eigenvalue weighted by Crippen LogP contribution is 2.30. The summed E-state index contributed by atoms with van der Waals surface area (Å²) in [5.41, 5.74) is 1.13. The van der Waals surface area contributed by atoms with Gasteiger partial charge in [0, 0.05) is 50.4 Å². The van der Waals surface area contributed by atoms with Crippen LogP contribution in [0.2, 0.25) is 5.02 Å². The van der Waals surface area contributed by atoms with Gasteiger partial charge in [-0.2, -0.15) is 0 Å². The van der Waals surface area contributed by atoms with Gasteiger partial charge in [0.1, 0.15) is 0 Å². The molecule has 0 radical (unpaired) electrons. The van der Waals surface area contributed by atoms with Crippen molar-refractivity contribution in [3.05, 3.63) is 28.7 Å². The number of benzene rings is 1. The van der Waals surface area contributed by atoms with E-state index in [-0.39, 0.29) is 24.2 Å². The summed E-state index contributed by atoms with van der Waals surface area (Å²) in [5, 5.41) is 3.26. The number of halogens is 1. The Morgan fingerprint density at radius 2 is 2.00 bits per heavy atom. The van der Waals surface area contributed by atoms with Gasteiger partial charge in [-0.1, -0.05) is 23.7 Å². The van der Waals surface area contributed by atoms with E-state index in [2.05, 4.69) is 15.1 Å². The van der Waals surface area contributed by atoms with Gasteiger partial charge in [-0.05, 0) is 63.1 Å². The van der Waals surface area contributed by atoms with Crippen molar-refractivity contribution in [3.8, 4) is 0 Å². The van der Waals surface area contributed by atoms with Crippen LogP contribution in [-0.4, -0.2) is 68.6 Å². The number of amides is 2. The van der Waals surface area contributed by atoms with E-state index in [4.69, 9.17) is 19.8 Å². The summed E-state index contributed by atoms with van der Waals surface area (Å²) < 4.78 is 46.3. The molecule has 1 aliphatic heterocycles. The number of hydrogen-bond donors (Lipinski definition) is 1. The molecule has 1 aromatic carbocycles. The van der Waals surface area contributed by atoms with Crippen molar-refractivity contribution in [3.63, 3.8) is 0 Å². The number of carbonyl (C=O) groups is 1. The molecule has 28 heavy (non-hydrogen) atoms. The van der Waals surface area contributed by atoms with Crippen molar-refractivity contribution in [2.75, 3.05) is 51.6 Å². The predicted molar refractivity (Wildman–Crippen MR) is 117 cm³/mol. The molecule has 1 saturated heterocycles. The van der Waals surface area contributed by atoms with Crippen LogP contribution in [0, 0.1) is 12.8 Å². The highest BCUT2D eigenvalue weighted by molar-refractivity contribution is 6.34. The second kappa shape index (κ2) is 9.84. The SMILES string of the molecule is [2H]c1c([2H])c(C)c(Cl)c(N2CCN(CC[C@H]3CC[C@H](NC(=O)N(C)C([2H])([2H])[2H])CC3)CC2)c1[2H]. The summed E-state index contributed by atoms with van der Waals surface area (Å²) in [4.78, 5) is 17.4. The Labute approximate surface area is 183 Å². The highest BCUT2D eigenvalue weighted by atomic mass is 35.5. The molecule has 0 spiro atoms. The average molecular weight is 413 g/mol. The van der Waals surface area contributed by atoms with Gasteiger partial charge < -0.3 is 15.1 Å². The molecule has 5 nitrogen and oxygen atoms in total. The molecule has 1 aliphatic carbocycles. The van der Waals surface area contributed by atoms with E-state index in [1.54, 1.807) is 6.92 Å². The summed E-state index contributed by atoms with van der Waals surface area (Å²) in [5.74, 6) is 0.596. The van der Waals surface area contributed by atoms with Crippen molar-refractivity contribution in [1.82, 2.24) is 15.1 Å². The molecular weight excluding hydrogens is 372 g/mol. The zero-order valence-corrected chi connectivity index (χ0v) is 17.6. The van der Waals surface area contributed by atoms with Crippen molar-refractivity contribution in [1.29, 1.82) is 0 Å². The summed E-state index contributed by atoms with van der Waals surface area (Å²) in [6, 6.07) is -0.529. The van der Waals surface area contributed by atoms with Gasteiger partial charge in [0.05, 0.1) is 14.8 Å². The normalized spacial score (nSPS) is 27.0. The Kier molecular flexibility index (Phi) is 5.10. The standard InChI is InChI=1S/C22H35ClN4O/c1-17-5-4-6-20(21(17)23)27-15-13-26(14-16-27)12-11-18-7-9-19(10-8-18)24-22(28)25(2)3/h4-6,18-19H,7-16H2,1-3H3,(H,24,28)/t18-,19-/i2D3,4D,5D,6D. The number of carbonyl (C=O) groups excluding carboxylic acids is 1. The monoisotopic (exact) mass is 412 g/mol. The number of nitrogens with zero attached hydrogens (tertiary/aromatic N) is 3. The minimum absolute atomic E-state index is 0.0240. The molecule has 1 saturated carbocycles. The molecule has 2 fully saturated rings. The van der Waals surface area contributed by atoms with Crippen LogP contribution in [0.3, 0.4) is 0 Å². The maximum atomic E-state index is 12.1. The van der Waals surface area contributed by atoms with Crippen molar-refractivity contribution < 1.29 is 13.0 Å². The molecule has 3 rings (SSSR count). The number of hydrogen-bond acceptors (Lipinski definition) is 3. The van der Waals surface area contributed by atoms with Crippen LogP contribution in [-0.2, 0) is 0 Å². The maximum absolute atomic E-state index is 12.1. The van der Waals surface area contributed by atoms with Crippen molar-refractivity contribution in [2.45, 2.75) is 45.1 Å². The largest absolute Gasteiger partial charge is 0.368 e. The van der Waals surface area contributed by atoms with E-state index >= 15 is 0 Å². The summed E-state index contributed by atoms with van der Waals surface area (Å²) in [7, 11) is 1.30. The van der Waals surface area contributed by atoms with Crippen LogP contribution in [0.4, 0.5) is 10.5 Å². The van der Waals surface area contributed by atoms with E-state index in [0.29, 0.717) is 22.2 Å². The first-order valence-electron chi connectivity index (χ1n) is 13.2. The molecule has 0 unspecified atom stereocenters. The van der Waals surface area contributed by atoms with E-state index in [1.165, 1.54) is 7.05 Å². The second-order valence-electron chi connectivity index (χ2n) is 8.01. The minimum Gasteiger partial charge on any atom is -0.368 e. The second-order valence-corrected chi connectivity index (χ2v) is 8.38. The molecule has 2 amide bonds. The molecule has 1 heterocycles. The molecule has 1 N–H and O–H groups in total. The first kappa shape index (κ1) is 14.5. The van der Waals surface area contributed by atoms with Crippen LogP contribution in [0.25, 0.3) is 0 Å². The van der Waals surface area contributed by atoms with E-state index in [1.807, 2.05) is 0 Å². The lowest BCUT2D eigenvalue weighted by Gasteiger charge is -2.37. The molecule has 0 bridgehead atoms. The molecule has 2 aliphatic rings. The molecule has 156 valence electrons. The molecular formula is C22H35ClN4O. The topological polar surface area (TPSA) is 38.8 Å². The quantitative estimate of drug-likeness (QED) is 0.794. The number of anilines is 1. The molecule has 0 aromatic heterocycles. The Morgan fingerprint density at radius 1 is 1.29 bits per heavy atom. The van der Waals surface area contributed by atoms with Crippen molar-refractivity contribution in [2.24, 2.45) is 5.92 Å². The van der Waals surface area contributed by atoms with Crippen LogP contribution in [0.5, 0.6) is 0 Å². The lowest BCUT2D eigenvalue weighted by molar-refractivity contribution is 0.194. The van der Waals surface area contributed by atoms with E-state index in [0.717, 1.165) is 69.7 Å². The number of rotatable bonds is 5. The van der Waals surface area contributed by atoms with Crippen LogP contribution in [0.15, 0.2) is 18.1 Å². The smallest absolute Gasteiger partial charge is 0.317 e. The fraction of sp³-hybridized carbons (Fsp3) is 0.682. The van der Waals surface area contributed by atoms with Gasteiger partial charge in [-0.15, -0.1) is 0 Å². The molecule has 1 aromatic rings. The minimum atomic E-state index is -2.42. The van der Waals surface area contributed by atoms with Crippen molar-refractivity contribution >= 4 is 23.3 Å². The van der Waals surface area contributed by atoms with Gasteiger partial charge in [0.15, 0.2) is 0 Å². The Hall–Kier alpha value is -1.46. The average Bonchev–Trinajstić information content (AvgIpc) is 2.81. The number of nitrogens with one attached hydrogen (secondary N) is 1. The first-order valence-corrected chi connectivity index (χ1v) is 10.6. The van der Waals surface area contributed by atoms with E-state index < -0.39 is 13.0 Å². The molecule has 6 heteroatoms. The van der Waals surface area contributed by atoms with Gasteiger partial charge in [0.25, 0.3) is 0 Å². The maximum Gasteiger partial charge on any atom is 0.317 e. The zero-order valence-electron chi connectivity index (χ0n) is 22.9. The van der Waals surface area contributed by atoms with Crippen LogP contribution in [0.1, 0.15) is 45.9 Å². The van der Waals surface area contributed by atoms with Crippen LogP contribution < -0.4 is 10.2 Å².